The fraction of sp³-hybridized carbons (Fsp3) is 0.333. The third kappa shape index (κ3) is 7.13. The number of carbonyl (C=O) groups excluding carboxylic acids is 3. The Labute approximate surface area is 323 Å². The second kappa shape index (κ2) is 15.1. The number of piperidine rings is 1. The van der Waals surface area contributed by atoms with Crippen molar-refractivity contribution in [2.45, 2.75) is 43.9 Å². The lowest BCUT2D eigenvalue weighted by Gasteiger charge is -2.34. The summed E-state index contributed by atoms with van der Waals surface area (Å²) in [6.45, 7) is 5.05. The van der Waals surface area contributed by atoms with Gasteiger partial charge < -0.3 is 14.5 Å². The number of benzene rings is 2. The van der Waals surface area contributed by atoms with E-state index in [0.717, 1.165) is 90.9 Å². The predicted octanol–water partition coefficient (Wildman–Crippen LogP) is 4.74. The highest BCUT2D eigenvalue weighted by atomic mass is 19.1. The molecule has 4 aliphatic rings. The summed E-state index contributed by atoms with van der Waals surface area (Å²) >= 11 is 0. The fourth-order valence-electron chi connectivity index (χ4n) is 8.09. The van der Waals surface area contributed by atoms with Crippen LogP contribution in [-0.2, 0) is 14.3 Å². The fourth-order valence-corrected chi connectivity index (χ4v) is 8.09. The van der Waals surface area contributed by atoms with Crippen molar-refractivity contribution in [2.24, 2.45) is 0 Å². The lowest BCUT2D eigenvalue weighted by Crippen LogP contribution is -2.52. The van der Waals surface area contributed by atoms with Gasteiger partial charge in [0.05, 0.1) is 31.0 Å². The largest absolute Gasteiger partial charge is 0.439 e. The topological polar surface area (TPSA) is 129 Å². The number of ether oxygens (including phenoxy) is 1. The van der Waals surface area contributed by atoms with Crippen molar-refractivity contribution in [2.75, 3.05) is 55.6 Å². The van der Waals surface area contributed by atoms with Crippen LogP contribution in [0.2, 0.25) is 0 Å². The molecule has 3 amide bonds. The number of hydrogen-bond donors (Lipinski definition) is 1. The monoisotopic (exact) mass is 753 g/mol. The van der Waals surface area contributed by atoms with E-state index < -0.39 is 24.1 Å². The van der Waals surface area contributed by atoms with Crippen LogP contribution in [0.15, 0.2) is 85.1 Å². The molecule has 2 aromatic carbocycles. The number of pyridine rings is 1. The number of imide groups is 1. The van der Waals surface area contributed by atoms with Crippen LogP contribution in [0.25, 0.3) is 17.0 Å². The molecular formula is C42H40FN9O4. The minimum absolute atomic E-state index is 0.0646. The molecule has 4 aliphatic heterocycles. The SMILES string of the molecule is O=C1CCC(N2C[C@H](c3ccc(C#CCN4CCN(c5cccc(-c6cnc7ccc(N8CCC[C@H]8c8cccc(F)c8)nn67)n5)CC4)cc3)OC2=O)C(=O)N1. The highest BCUT2D eigenvalue weighted by molar-refractivity contribution is 6.01. The number of amides is 3. The zero-order valence-corrected chi connectivity index (χ0v) is 30.7. The number of halogens is 1. The van der Waals surface area contributed by atoms with E-state index in [1.807, 2.05) is 71.4 Å². The summed E-state index contributed by atoms with van der Waals surface area (Å²) in [4.78, 5) is 54.3. The lowest BCUT2D eigenvalue weighted by atomic mass is 10.0. The molecule has 0 saturated carbocycles. The average molecular weight is 754 g/mol. The van der Waals surface area contributed by atoms with Gasteiger partial charge in [-0.15, -0.1) is 5.10 Å². The molecule has 1 unspecified atom stereocenters. The molecule has 4 saturated heterocycles. The van der Waals surface area contributed by atoms with Gasteiger partial charge in [-0.1, -0.05) is 42.2 Å². The van der Waals surface area contributed by atoms with E-state index >= 15 is 0 Å². The van der Waals surface area contributed by atoms with Crippen LogP contribution in [0, 0.1) is 17.7 Å². The van der Waals surface area contributed by atoms with Gasteiger partial charge in [0.1, 0.15) is 35.3 Å². The summed E-state index contributed by atoms with van der Waals surface area (Å²) in [6.07, 6.45) is 3.22. The molecule has 0 spiro atoms. The van der Waals surface area contributed by atoms with Crippen LogP contribution in [0.3, 0.4) is 0 Å². The molecule has 0 bridgehead atoms. The molecule has 0 aliphatic carbocycles. The van der Waals surface area contributed by atoms with Gasteiger partial charge in [-0.05, 0) is 78.9 Å². The molecule has 7 heterocycles. The van der Waals surface area contributed by atoms with E-state index in [0.29, 0.717) is 13.0 Å². The van der Waals surface area contributed by atoms with Gasteiger partial charge in [0.25, 0.3) is 0 Å². The number of imidazole rings is 1. The summed E-state index contributed by atoms with van der Waals surface area (Å²) in [7, 11) is 0. The van der Waals surface area contributed by atoms with Crippen molar-refractivity contribution in [3.63, 3.8) is 0 Å². The maximum absolute atomic E-state index is 14.1. The summed E-state index contributed by atoms with van der Waals surface area (Å²) in [5, 5.41) is 7.32. The van der Waals surface area contributed by atoms with Gasteiger partial charge in [0.2, 0.25) is 11.8 Å². The van der Waals surface area contributed by atoms with Crippen LogP contribution in [0.4, 0.5) is 20.8 Å². The Morgan fingerprint density at radius 1 is 0.839 bits per heavy atom. The van der Waals surface area contributed by atoms with Gasteiger partial charge in [-0.3, -0.25) is 24.7 Å². The van der Waals surface area contributed by atoms with Crippen molar-refractivity contribution >= 4 is 35.2 Å². The second-order valence-corrected chi connectivity index (χ2v) is 14.6. The van der Waals surface area contributed by atoms with E-state index in [1.165, 1.54) is 11.0 Å². The van der Waals surface area contributed by atoms with Gasteiger partial charge in [0, 0.05) is 44.7 Å². The first-order valence-electron chi connectivity index (χ1n) is 19.1. The summed E-state index contributed by atoms with van der Waals surface area (Å²) in [6, 6.07) is 23.9. The molecule has 4 fully saturated rings. The van der Waals surface area contributed by atoms with Crippen LogP contribution >= 0.6 is 0 Å². The number of fused-ring (bicyclic) bond motifs is 1. The van der Waals surface area contributed by atoms with E-state index in [-0.39, 0.29) is 30.7 Å². The minimum atomic E-state index is -0.696. The summed E-state index contributed by atoms with van der Waals surface area (Å²) in [5.74, 6) is 7.28. The molecule has 1 N–H and O–H groups in total. The van der Waals surface area contributed by atoms with Crippen molar-refractivity contribution in [1.29, 1.82) is 0 Å². The number of rotatable bonds is 7. The molecule has 5 aromatic rings. The molecular weight excluding hydrogens is 714 g/mol. The molecule has 56 heavy (non-hydrogen) atoms. The molecule has 13 nitrogen and oxygen atoms in total. The molecule has 14 heteroatoms. The zero-order chi connectivity index (χ0) is 38.2. The normalized spacial score (nSPS) is 21.6. The van der Waals surface area contributed by atoms with Gasteiger partial charge >= 0.3 is 6.09 Å². The van der Waals surface area contributed by atoms with E-state index in [4.69, 9.17) is 14.8 Å². The number of carbonyl (C=O) groups is 3. The Morgan fingerprint density at radius 3 is 2.50 bits per heavy atom. The number of nitrogens with zero attached hydrogens (tertiary/aromatic N) is 8. The van der Waals surface area contributed by atoms with Crippen molar-refractivity contribution in [3.05, 3.63) is 108 Å². The van der Waals surface area contributed by atoms with Crippen LogP contribution in [0.1, 0.15) is 54.5 Å². The van der Waals surface area contributed by atoms with Gasteiger partial charge in [-0.2, -0.15) is 0 Å². The number of piperazine rings is 1. The number of cyclic esters (lactones) is 1. The highest BCUT2D eigenvalue weighted by Crippen LogP contribution is 2.36. The summed E-state index contributed by atoms with van der Waals surface area (Å²) < 4.78 is 21.5. The van der Waals surface area contributed by atoms with Crippen LogP contribution in [0.5, 0.6) is 0 Å². The highest BCUT2D eigenvalue weighted by Gasteiger charge is 2.42. The number of aromatic nitrogens is 4. The van der Waals surface area contributed by atoms with E-state index in [1.54, 1.807) is 12.1 Å². The lowest BCUT2D eigenvalue weighted by molar-refractivity contribution is -0.136. The van der Waals surface area contributed by atoms with E-state index in [2.05, 4.69) is 36.8 Å². The molecule has 0 radical (unpaired) electrons. The van der Waals surface area contributed by atoms with Gasteiger partial charge in [0.15, 0.2) is 5.65 Å². The minimum Gasteiger partial charge on any atom is -0.439 e. The Bertz CT molecular complexity index is 2370. The van der Waals surface area contributed by atoms with Crippen molar-refractivity contribution in [1.82, 2.24) is 34.7 Å². The van der Waals surface area contributed by atoms with Gasteiger partial charge in [-0.25, -0.2) is 23.7 Å². The first kappa shape index (κ1) is 35.4. The molecule has 9 rings (SSSR count). The Kier molecular flexibility index (Phi) is 9.52. The number of nitrogens with one attached hydrogen (secondary N) is 1. The smallest absolute Gasteiger partial charge is 0.411 e. The van der Waals surface area contributed by atoms with Crippen molar-refractivity contribution in [3.8, 4) is 23.2 Å². The Balaban J connectivity index is 0.803. The first-order chi connectivity index (χ1) is 27.4. The summed E-state index contributed by atoms with van der Waals surface area (Å²) in [5.41, 5.74) is 4.99. The second-order valence-electron chi connectivity index (χ2n) is 14.6. The van der Waals surface area contributed by atoms with E-state index in [9.17, 15) is 18.8 Å². The number of hydrogen-bond acceptors (Lipinski definition) is 10. The third-order valence-electron chi connectivity index (χ3n) is 11.1. The predicted molar refractivity (Wildman–Crippen MR) is 206 cm³/mol. The average Bonchev–Trinajstić information content (AvgIpc) is 3.97. The third-order valence-corrected chi connectivity index (χ3v) is 11.1. The Morgan fingerprint density at radius 2 is 1.68 bits per heavy atom. The maximum Gasteiger partial charge on any atom is 0.411 e. The molecule has 3 atom stereocenters. The van der Waals surface area contributed by atoms with Crippen molar-refractivity contribution < 1.29 is 23.5 Å². The maximum atomic E-state index is 14.1. The Hall–Kier alpha value is -6.33. The standard InChI is InChI=1S/C42H40FN9O4/c43-31-7-1-6-30(25-31)33-9-4-20-50(33)39-17-16-37-44-26-35(52(37)47-39)32-8-2-10-38(45-32)49-23-21-48(22-24-49)19-3-5-28-11-13-29(14-12-28)36-27-51(42(55)56-36)34-15-18-40(53)46-41(34)54/h1-2,6-8,10-14,16-17,25-26,33-34,36H,4,9,15,18-24,27H2,(H,46,53,54)/t33-,34?,36+/m0/s1. The quantitative estimate of drug-likeness (QED) is 0.184. The molecule has 284 valence electrons. The molecule has 3 aromatic heterocycles. The van der Waals surface area contributed by atoms with Crippen LogP contribution in [-0.4, -0.2) is 99.1 Å². The first-order valence-corrected chi connectivity index (χ1v) is 19.1. The van der Waals surface area contributed by atoms with Crippen LogP contribution < -0.4 is 15.1 Å². The zero-order valence-electron chi connectivity index (χ0n) is 30.7. The number of anilines is 2.